The van der Waals surface area contributed by atoms with Gasteiger partial charge >= 0.3 is 0 Å². The van der Waals surface area contributed by atoms with Gasteiger partial charge in [0.1, 0.15) is 5.82 Å². The van der Waals surface area contributed by atoms with Gasteiger partial charge in [0.05, 0.1) is 31.3 Å². The molecular formula is C12H6BrN3S. The van der Waals surface area contributed by atoms with Crippen molar-refractivity contribution in [2.75, 3.05) is 0 Å². The zero-order valence-electron chi connectivity index (χ0n) is 8.57. The molecule has 0 fully saturated rings. The van der Waals surface area contributed by atoms with Crippen LogP contribution in [0.2, 0.25) is 0 Å². The Morgan fingerprint density at radius 1 is 1.29 bits per heavy atom. The summed E-state index contributed by atoms with van der Waals surface area (Å²) in [6.07, 6.45) is 0. The minimum absolute atomic E-state index is 0.639. The van der Waals surface area contributed by atoms with E-state index in [1.807, 2.05) is 24.3 Å². The molecule has 0 aliphatic rings. The predicted octanol–water partition coefficient (Wildman–Crippen LogP) is 3.93. The Bertz CT molecular complexity index is 736. The molecule has 2 heterocycles. The van der Waals surface area contributed by atoms with E-state index in [1.165, 1.54) is 0 Å². The van der Waals surface area contributed by atoms with Crippen LogP contribution in [0.25, 0.3) is 21.7 Å². The highest BCUT2D eigenvalue weighted by atomic mass is 79.9. The van der Waals surface area contributed by atoms with Gasteiger partial charge in [-0.15, -0.1) is 11.3 Å². The number of fused-ring (bicyclic) bond motifs is 1. The Morgan fingerprint density at radius 3 is 2.88 bits per heavy atom. The number of thiophene rings is 1. The van der Waals surface area contributed by atoms with E-state index in [0.29, 0.717) is 5.56 Å². The van der Waals surface area contributed by atoms with Gasteiger partial charge < -0.3 is 4.98 Å². The number of nitrogens with zero attached hydrogens (tertiary/aromatic N) is 2. The summed E-state index contributed by atoms with van der Waals surface area (Å²) in [6, 6.07) is 11.6. The lowest BCUT2D eigenvalue weighted by atomic mass is 10.2. The second-order valence-corrected chi connectivity index (χ2v) is 6.00. The summed E-state index contributed by atoms with van der Waals surface area (Å²) in [5, 5.41) is 8.84. The lowest BCUT2D eigenvalue weighted by molar-refractivity contribution is 1.36. The average Bonchev–Trinajstić information content (AvgIpc) is 2.93. The van der Waals surface area contributed by atoms with Gasteiger partial charge in [0.15, 0.2) is 0 Å². The number of halogens is 1. The fraction of sp³-hybridized carbons (Fsp3) is 0. The Hall–Kier alpha value is -1.64. The van der Waals surface area contributed by atoms with Crippen LogP contribution in [0.1, 0.15) is 5.56 Å². The molecule has 3 rings (SSSR count). The normalized spacial score (nSPS) is 10.6. The van der Waals surface area contributed by atoms with Gasteiger partial charge in [-0.05, 0) is 46.3 Å². The number of aromatic nitrogens is 2. The van der Waals surface area contributed by atoms with E-state index >= 15 is 0 Å². The van der Waals surface area contributed by atoms with Crippen molar-refractivity contribution in [2.24, 2.45) is 0 Å². The minimum atomic E-state index is 0.639. The Kier molecular flexibility index (Phi) is 2.46. The molecule has 3 aromatic rings. The molecule has 3 nitrogen and oxygen atoms in total. The Balaban J connectivity index is 2.17. The van der Waals surface area contributed by atoms with Gasteiger partial charge in [-0.1, -0.05) is 0 Å². The topological polar surface area (TPSA) is 52.5 Å². The third-order valence-corrected chi connectivity index (χ3v) is 4.05. The Morgan fingerprint density at radius 2 is 2.18 bits per heavy atom. The van der Waals surface area contributed by atoms with E-state index in [0.717, 1.165) is 25.5 Å². The molecule has 0 amide bonds. The monoisotopic (exact) mass is 303 g/mol. The molecule has 0 spiro atoms. The highest BCUT2D eigenvalue weighted by molar-refractivity contribution is 9.11. The number of nitrogens with one attached hydrogen (secondary N) is 1. The molecule has 0 bridgehead atoms. The third kappa shape index (κ3) is 1.86. The number of imidazole rings is 1. The summed E-state index contributed by atoms with van der Waals surface area (Å²) in [6.45, 7) is 0. The average molecular weight is 304 g/mol. The maximum Gasteiger partial charge on any atom is 0.148 e. The second kappa shape index (κ2) is 3.99. The van der Waals surface area contributed by atoms with E-state index < -0.39 is 0 Å². The molecule has 2 aromatic heterocycles. The molecule has 0 saturated heterocycles. The molecule has 82 valence electrons. The van der Waals surface area contributed by atoms with Crippen molar-refractivity contribution < 1.29 is 0 Å². The van der Waals surface area contributed by atoms with E-state index in [2.05, 4.69) is 32.0 Å². The van der Waals surface area contributed by atoms with Gasteiger partial charge in [-0.2, -0.15) is 5.26 Å². The van der Waals surface area contributed by atoms with Crippen molar-refractivity contribution in [3.05, 3.63) is 39.7 Å². The van der Waals surface area contributed by atoms with E-state index in [9.17, 15) is 0 Å². The molecule has 1 aromatic carbocycles. The molecule has 0 saturated carbocycles. The van der Waals surface area contributed by atoms with Crippen molar-refractivity contribution in [1.82, 2.24) is 9.97 Å². The minimum Gasteiger partial charge on any atom is -0.337 e. The standard InChI is InChI=1S/C12H6BrN3S/c13-11-4-3-10(17-11)12-15-8-2-1-7(6-14)5-9(8)16-12/h1-5H,(H,15,16). The van der Waals surface area contributed by atoms with Crippen LogP contribution in [-0.2, 0) is 0 Å². The SMILES string of the molecule is N#Cc1ccc2nc(-c3ccc(Br)s3)[nH]c2c1. The quantitative estimate of drug-likeness (QED) is 0.740. The van der Waals surface area contributed by atoms with Crippen LogP contribution < -0.4 is 0 Å². The van der Waals surface area contributed by atoms with E-state index in [1.54, 1.807) is 17.4 Å². The molecule has 0 aliphatic heterocycles. The van der Waals surface area contributed by atoms with Crippen LogP contribution in [0.15, 0.2) is 34.1 Å². The van der Waals surface area contributed by atoms with Crippen molar-refractivity contribution in [3.8, 4) is 16.8 Å². The number of hydrogen-bond acceptors (Lipinski definition) is 3. The summed E-state index contributed by atoms with van der Waals surface area (Å²) in [5.41, 5.74) is 2.41. The fourth-order valence-corrected chi connectivity index (χ4v) is 2.97. The van der Waals surface area contributed by atoms with Crippen LogP contribution in [0, 0.1) is 11.3 Å². The third-order valence-electron chi connectivity index (χ3n) is 2.42. The molecule has 17 heavy (non-hydrogen) atoms. The first kappa shape index (κ1) is 10.5. The van der Waals surface area contributed by atoms with Crippen molar-refractivity contribution in [3.63, 3.8) is 0 Å². The first-order valence-corrected chi connectivity index (χ1v) is 6.53. The highest BCUT2D eigenvalue weighted by Crippen LogP contribution is 2.30. The highest BCUT2D eigenvalue weighted by Gasteiger charge is 2.07. The van der Waals surface area contributed by atoms with Crippen LogP contribution in [0.5, 0.6) is 0 Å². The van der Waals surface area contributed by atoms with Crippen molar-refractivity contribution in [2.45, 2.75) is 0 Å². The largest absolute Gasteiger partial charge is 0.337 e. The molecule has 0 atom stereocenters. The van der Waals surface area contributed by atoms with Gasteiger partial charge in [0.2, 0.25) is 0 Å². The lowest BCUT2D eigenvalue weighted by Crippen LogP contribution is -1.73. The van der Waals surface area contributed by atoms with Crippen molar-refractivity contribution in [1.29, 1.82) is 5.26 Å². The molecule has 5 heteroatoms. The number of hydrogen-bond donors (Lipinski definition) is 1. The maximum absolute atomic E-state index is 8.84. The second-order valence-electron chi connectivity index (χ2n) is 3.53. The fourth-order valence-electron chi connectivity index (χ4n) is 1.64. The number of nitriles is 1. The molecule has 0 aliphatic carbocycles. The Labute approximate surface area is 110 Å². The summed E-state index contributed by atoms with van der Waals surface area (Å²) in [7, 11) is 0. The summed E-state index contributed by atoms with van der Waals surface area (Å²) in [4.78, 5) is 8.80. The van der Waals surface area contributed by atoms with Crippen LogP contribution in [0.4, 0.5) is 0 Å². The van der Waals surface area contributed by atoms with Gasteiger partial charge in [0.25, 0.3) is 0 Å². The first-order chi connectivity index (χ1) is 8.26. The predicted molar refractivity (Wildman–Crippen MR) is 71.8 cm³/mol. The maximum atomic E-state index is 8.84. The number of aromatic amines is 1. The zero-order chi connectivity index (χ0) is 11.8. The molecule has 0 radical (unpaired) electrons. The number of H-pyrrole nitrogens is 1. The molecule has 1 N–H and O–H groups in total. The number of rotatable bonds is 1. The number of benzene rings is 1. The van der Waals surface area contributed by atoms with E-state index in [4.69, 9.17) is 5.26 Å². The summed E-state index contributed by atoms with van der Waals surface area (Å²) >= 11 is 5.05. The molecule has 0 unspecified atom stereocenters. The van der Waals surface area contributed by atoms with Gasteiger partial charge in [-0.25, -0.2) is 4.98 Å². The zero-order valence-corrected chi connectivity index (χ0v) is 11.0. The lowest BCUT2D eigenvalue weighted by Gasteiger charge is -1.87. The van der Waals surface area contributed by atoms with Crippen LogP contribution in [-0.4, -0.2) is 9.97 Å². The van der Waals surface area contributed by atoms with Crippen LogP contribution >= 0.6 is 27.3 Å². The van der Waals surface area contributed by atoms with E-state index in [-0.39, 0.29) is 0 Å². The van der Waals surface area contributed by atoms with Crippen LogP contribution in [0.3, 0.4) is 0 Å². The van der Waals surface area contributed by atoms with Gasteiger partial charge in [-0.3, -0.25) is 0 Å². The molecular weight excluding hydrogens is 298 g/mol. The van der Waals surface area contributed by atoms with Crippen molar-refractivity contribution >= 4 is 38.3 Å². The first-order valence-electron chi connectivity index (χ1n) is 4.92. The summed E-state index contributed by atoms with van der Waals surface area (Å²) in [5.74, 6) is 0.839. The summed E-state index contributed by atoms with van der Waals surface area (Å²) < 4.78 is 1.07. The van der Waals surface area contributed by atoms with Gasteiger partial charge in [0, 0.05) is 0 Å². The smallest absolute Gasteiger partial charge is 0.148 e.